The zero-order valence-electron chi connectivity index (χ0n) is 13.0. The number of ketones is 1. The molecule has 1 aliphatic rings. The third kappa shape index (κ3) is 3.47. The van der Waals surface area contributed by atoms with Crippen molar-refractivity contribution in [1.29, 1.82) is 0 Å². The third-order valence-corrected chi connectivity index (χ3v) is 4.06. The smallest absolute Gasteiger partial charge is 0.295 e. The Morgan fingerprint density at radius 1 is 1.09 bits per heavy atom. The van der Waals surface area contributed by atoms with E-state index in [-0.39, 0.29) is 18.4 Å². The number of carbonyl (C=O) groups excluding carboxylic acids is 2. The molecular formula is C19H18FNO2. The van der Waals surface area contributed by atoms with Crippen LogP contribution in [0.5, 0.6) is 0 Å². The minimum atomic E-state index is -0.556. The fraction of sp³-hybridized carbons (Fsp3) is 0.263. The summed E-state index contributed by atoms with van der Waals surface area (Å²) in [7, 11) is 0. The molecule has 23 heavy (non-hydrogen) atoms. The fourth-order valence-corrected chi connectivity index (χ4v) is 2.52. The van der Waals surface area contributed by atoms with Crippen molar-refractivity contribution in [2.45, 2.75) is 32.4 Å². The van der Waals surface area contributed by atoms with Crippen molar-refractivity contribution >= 4 is 11.7 Å². The summed E-state index contributed by atoms with van der Waals surface area (Å²) in [6.07, 6.45) is 1.72. The van der Waals surface area contributed by atoms with Gasteiger partial charge in [-0.2, -0.15) is 0 Å². The van der Waals surface area contributed by atoms with Gasteiger partial charge in [-0.05, 0) is 25.8 Å². The van der Waals surface area contributed by atoms with Gasteiger partial charge in [0.05, 0.1) is 0 Å². The Kier molecular flexibility index (Phi) is 4.24. The number of amides is 1. The van der Waals surface area contributed by atoms with E-state index in [4.69, 9.17) is 0 Å². The molecule has 118 valence electrons. The van der Waals surface area contributed by atoms with Crippen molar-refractivity contribution in [2.24, 2.45) is 0 Å². The molecule has 0 atom stereocenters. The zero-order chi connectivity index (χ0) is 16.4. The number of hydrogen-bond acceptors (Lipinski definition) is 2. The first-order chi connectivity index (χ1) is 11.1. The Hall–Kier alpha value is -2.49. The second-order valence-electron chi connectivity index (χ2n) is 5.95. The number of benzene rings is 2. The van der Waals surface area contributed by atoms with Crippen LogP contribution in [0, 0.1) is 12.7 Å². The van der Waals surface area contributed by atoms with E-state index in [1.807, 2.05) is 6.92 Å². The van der Waals surface area contributed by atoms with E-state index in [9.17, 15) is 14.0 Å². The van der Waals surface area contributed by atoms with Gasteiger partial charge in [-0.1, -0.05) is 48.0 Å². The lowest BCUT2D eigenvalue weighted by Gasteiger charge is -2.22. The van der Waals surface area contributed by atoms with Gasteiger partial charge >= 0.3 is 0 Å². The molecule has 0 aromatic heterocycles. The number of carbonyl (C=O) groups is 2. The van der Waals surface area contributed by atoms with Crippen molar-refractivity contribution in [3.05, 3.63) is 71.0 Å². The van der Waals surface area contributed by atoms with Gasteiger partial charge in [-0.25, -0.2) is 4.39 Å². The molecule has 0 unspecified atom stereocenters. The Morgan fingerprint density at radius 2 is 1.74 bits per heavy atom. The molecule has 0 aliphatic heterocycles. The van der Waals surface area contributed by atoms with Gasteiger partial charge in [0.2, 0.25) is 5.78 Å². The molecule has 1 saturated carbocycles. The third-order valence-electron chi connectivity index (χ3n) is 4.06. The van der Waals surface area contributed by atoms with Crippen LogP contribution in [0.2, 0.25) is 0 Å². The molecular weight excluding hydrogens is 293 g/mol. The number of aryl methyl sites for hydroxylation is 1. The number of hydrogen-bond donors (Lipinski definition) is 0. The molecule has 0 heterocycles. The predicted molar refractivity (Wildman–Crippen MR) is 85.5 cm³/mol. The van der Waals surface area contributed by atoms with Crippen LogP contribution in [0.15, 0.2) is 48.5 Å². The summed E-state index contributed by atoms with van der Waals surface area (Å²) in [5.74, 6) is -1.44. The van der Waals surface area contributed by atoms with Gasteiger partial charge in [-0.3, -0.25) is 9.59 Å². The van der Waals surface area contributed by atoms with Crippen LogP contribution < -0.4 is 0 Å². The summed E-state index contributed by atoms with van der Waals surface area (Å²) in [6.45, 7) is 2.05. The molecule has 3 rings (SSSR count). The summed E-state index contributed by atoms with van der Waals surface area (Å²) >= 11 is 0. The Balaban J connectivity index is 1.81. The summed E-state index contributed by atoms with van der Waals surface area (Å²) in [4.78, 5) is 26.5. The first-order valence-electron chi connectivity index (χ1n) is 7.71. The summed E-state index contributed by atoms with van der Waals surface area (Å²) in [6, 6.07) is 13.3. The van der Waals surface area contributed by atoms with Gasteiger partial charge in [-0.15, -0.1) is 0 Å². The van der Waals surface area contributed by atoms with Crippen LogP contribution in [0.1, 0.15) is 34.3 Å². The van der Waals surface area contributed by atoms with Gasteiger partial charge in [0, 0.05) is 23.7 Å². The number of nitrogens with zero attached hydrogens (tertiary/aromatic N) is 1. The zero-order valence-corrected chi connectivity index (χ0v) is 13.0. The highest BCUT2D eigenvalue weighted by Gasteiger charge is 2.36. The highest BCUT2D eigenvalue weighted by Crippen LogP contribution is 2.29. The molecule has 0 spiro atoms. The molecule has 1 amide bonds. The van der Waals surface area contributed by atoms with Gasteiger partial charge < -0.3 is 4.90 Å². The maximum Gasteiger partial charge on any atom is 0.295 e. The lowest BCUT2D eigenvalue weighted by molar-refractivity contribution is -0.127. The average molecular weight is 311 g/mol. The number of Topliss-reactive ketones (excluding diaryl/α,β-unsaturated/α-hetero) is 1. The van der Waals surface area contributed by atoms with E-state index in [1.165, 1.54) is 11.0 Å². The SMILES string of the molecule is Cc1ccc(C(=O)C(=O)N(Cc2ccccc2F)C2CC2)cc1. The Labute approximate surface area is 134 Å². The largest absolute Gasteiger partial charge is 0.328 e. The van der Waals surface area contributed by atoms with E-state index >= 15 is 0 Å². The minimum Gasteiger partial charge on any atom is -0.328 e. The molecule has 1 fully saturated rings. The van der Waals surface area contributed by atoms with Crippen molar-refractivity contribution in [2.75, 3.05) is 0 Å². The molecule has 0 radical (unpaired) electrons. The maximum atomic E-state index is 13.8. The van der Waals surface area contributed by atoms with Crippen molar-refractivity contribution < 1.29 is 14.0 Å². The Morgan fingerprint density at radius 3 is 2.35 bits per heavy atom. The average Bonchev–Trinajstić information content (AvgIpc) is 3.38. The van der Waals surface area contributed by atoms with Crippen LogP contribution >= 0.6 is 0 Å². The lowest BCUT2D eigenvalue weighted by atomic mass is 10.1. The summed E-state index contributed by atoms with van der Waals surface area (Å²) in [5, 5.41) is 0. The molecule has 0 N–H and O–H groups in total. The summed E-state index contributed by atoms with van der Waals surface area (Å²) < 4.78 is 13.8. The van der Waals surface area contributed by atoms with Crippen LogP contribution in [0.4, 0.5) is 4.39 Å². The molecule has 0 saturated heterocycles. The standard InChI is InChI=1S/C19H18FNO2/c1-13-6-8-14(9-7-13)18(22)19(23)21(16-10-11-16)12-15-4-2-3-5-17(15)20/h2-9,16H,10-12H2,1H3. The minimum absolute atomic E-state index is 0.0384. The van der Waals surface area contributed by atoms with Crippen molar-refractivity contribution in [1.82, 2.24) is 4.90 Å². The quantitative estimate of drug-likeness (QED) is 0.626. The van der Waals surface area contributed by atoms with E-state index < -0.39 is 11.7 Å². The number of rotatable bonds is 5. The van der Waals surface area contributed by atoms with Crippen molar-refractivity contribution in [3.8, 4) is 0 Å². The molecule has 2 aromatic carbocycles. The Bertz CT molecular complexity index is 735. The van der Waals surface area contributed by atoms with Crippen LogP contribution in [0.25, 0.3) is 0 Å². The normalized spacial score (nSPS) is 13.7. The van der Waals surface area contributed by atoms with Crippen LogP contribution in [-0.2, 0) is 11.3 Å². The van der Waals surface area contributed by atoms with E-state index in [2.05, 4.69) is 0 Å². The van der Waals surface area contributed by atoms with Gasteiger partial charge in [0.1, 0.15) is 5.82 Å². The van der Waals surface area contributed by atoms with Gasteiger partial charge in [0.15, 0.2) is 0 Å². The molecule has 1 aliphatic carbocycles. The second-order valence-corrected chi connectivity index (χ2v) is 5.95. The van der Waals surface area contributed by atoms with E-state index in [0.29, 0.717) is 11.1 Å². The van der Waals surface area contributed by atoms with Crippen molar-refractivity contribution in [3.63, 3.8) is 0 Å². The fourth-order valence-electron chi connectivity index (χ4n) is 2.52. The maximum absolute atomic E-state index is 13.8. The monoisotopic (exact) mass is 311 g/mol. The molecule has 0 bridgehead atoms. The molecule has 2 aromatic rings. The molecule has 4 heteroatoms. The van der Waals surface area contributed by atoms with Gasteiger partial charge in [0.25, 0.3) is 5.91 Å². The highest BCUT2D eigenvalue weighted by atomic mass is 19.1. The van der Waals surface area contributed by atoms with Crippen LogP contribution in [-0.4, -0.2) is 22.6 Å². The lowest BCUT2D eigenvalue weighted by Crippen LogP contribution is -2.38. The first-order valence-corrected chi connectivity index (χ1v) is 7.71. The summed E-state index contributed by atoms with van der Waals surface area (Å²) in [5.41, 5.74) is 1.84. The highest BCUT2D eigenvalue weighted by molar-refractivity contribution is 6.42. The van der Waals surface area contributed by atoms with Crippen LogP contribution in [0.3, 0.4) is 0 Å². The second kappa shape index (κ2) is 6.32. The topological polar surface area (TPSA) is 37.4 Å². The number of halogens is 1. The van der Waals surface area contributed by atoms with E-state index in [1.54, 1.807) is 42.5 Å². The first kappa shape index (κ1) is 15.4. The molecule has 3 nitrogen and oxygen atoms in total. The van der Waals surface area contributed by atoms with E-state index in [0.717, 1.165) is 18.4 Å². The predicted octanol–water partition coefficient (Wildman–Crippen LogP) is 3.51.